The van der Waals surface area contributed by atoms with Crippen molar-refractivity contribution in [3.05, 3.63) is 30.1 Å². The fourth-order valence-electron chi connectivity index (χ4n) is 2.40. The Morgan fingerprint density at radius 2 is 2.00 bits per heavy atom. The van der Waals surface area contributed by atoms with Gasteiger partial charge in [0.25, 0.3) is 0 Å². The number of rotatable bonds is 5. The molecular formula is C16H24N2. The van der Waals surface area contributed by atoms with Crippen LogP contribution in [-0.2, 0) is 0 Å². The van der Waals surface area contributed by atoms with Crippen LogP contribution in [-0.4, -0.2) is 9.55 Å². The van der Waals surface area contributed by atoms with Gasteiger partial charge in [0.2, 0.25) is 0 Å². The van der Waals surface area contributed by atoms with E-state index in [1.54, 1.807) is 0 Å². The fourth-order valence-corrected chi connectivity index (χ4v) is 2.40. The minimum absolute atomic E-state index is 0.542. The molecule has 18 heavy (non-hydrogen) atoms. The van der Waals surface area contributed by atoms with Gasteiger partial charge in [-0.05, 0) is 37.0 Å². The van der Waals surface area contributed by atoms with E-state index in [0.29, 0.717) is 12.0 Å². The topological polar surface area (TPSA) is 17.8 Å². The van der Waals surface area contributed by atoms with Crippen LogP contribution in [0.4, 0.5) is 0 Å². The number of nitrogens with zero attached hydrogens (tertiary/aromatic N) is 2. The molecule has 0 fully saturated rings. The first-order valence-corrected chi connectivity index (χ1v) is 7.10. The fraction of sp³-hybridized carbons (Fsp3) is 0.562. The lowest BCUT2D eigenvalue weighted by molar-refractivity contribution is 0.496. The van der Waals surface area contributed by atoms with Crippen LogP contribution < -0.4 is 0 Å². The summed E-state index contributed by atoms with van der Waals surface area (Å²) in [6.45, 7) is 8.98. The first-order valence-electron chi connectivity index (χ1n) is 7.10. The second kappa shape index (κ2) is 5.55. The monoisotopic (exact) mass is 244 g/mol. The zero-order chi connectivity index (χ0) is 13.1. The lowest BCUT2D eigenvalue weighted by Crippen LogP contribution is -2.03. The Morgan fingerprint density at radius 3 is 2.67 bits per heavy atom. The van der Waals surface area contributed by atoms with E-state index >= 15 is 0 Å². The summed E-state index contributed by atoms with van der Waals surface area (Å²) in [4.78, 5) is 4.55. The third kappa shape index (κ3) is 2.58. The van der Waals surface area contributed by atoms with Crippen molar-refractivity contribution in [3.63, 3.8) is 0 Å². The van der Waals surface area contributed by atoms with Crippen LogP contribution in [0.15, 0.2) is 24.5 Å². The summed E-state index contributed by atoms with van der Waals surface area (Å²) in [6.07, 6.45) is 5.77. The second-order valence-electron chi connectivity index (χ2n) is 5.55. The standard InChI is InChI=1S/C16H24N2/c1-5-6-7-13(4)18-11-17-15-10-14(12(2)3)8-9-16(15)18/h8-13H,5-7H2,1-4H3. The molecule has 0 aliphatic carbocycles. The van der Waals surface area contributed by atoms with Crippen LogP contribution in [0.5, 0.6) is 0 Å². The van der Waals surface area contributed by atoms with Crippen molar-refractivity contribution in [3.8, 4) is 0 Å². The molecule has 2 heteroatoms. The summed E-state index contributed by atoms with van der Waals surface area (Å²) in [6, 6.07) is 7.22. The molecule has 2 aromatic rings. The van der Waals surface area contributed by atoms with Gasteiger partial charge in [-0.15, -0.1) is 0 Å². The van der Waals surface area contributed by atoms with E-state index in [4.69, 9.17) is 0 Å². The average molecular weight is 244 g/mol. The molecule has 98 valence electrons. The van der Waals surface area contributed by atoms with Crippen molar-refractivity contribution in [2.75, 3.05) is 0 Å². The first-order chi connectivity index (χ1) is 8.63. The molecule has 0 saturated carbocycles. The number of fused-ring (bicyclic) bond motifs is 1. The van der Waals surface area contributed by atoms with Gasteiger partial charge in [-0.3, -0.25) is 0 Å². The van der Waals surface area contributed by atoms with Gasteiger partial charge >= 0.3 is 0 Å². The van der Waals surface area contributed by atoms with E-state index < -0.39 is 0 Å². The highest BCUT2D eigenvalue weighted by molar-refractivity contribution is 5.76. The second-order valence-corrected chi connectivity index (χ2v) is 5.55. The number of hydrogen-bond donors (Lipinski definition) is 0. The quantitative estimate of drug-likeness (QED) is 0.730. The number of hydrogen-bond acceptors (Lipinski definition) is 1. The molecule has 0 aliphatic rings. The van der Waals surface area contributed by atoms with Crippen molar-refractivity contribution < 1.29 is 0 Å². The molecule has 0 amide bonds. The molecule has 0 N–H and O–H groups in total. The smallest absolute Gasteiger partial charge is 0.0960 e. The number of benzene rings is 1. The normalized spacial score (nSPS) is 13.4. The zero-order valence-corrected chi connectivity index (χ0v) is 12.0. The number of unbranched alkanes of at least 4 members (excludes halogenated alkanes) is 1. The lowest BCUT2D eigenvalue weighted by atomic mass is 10.0. The molecule has 0 saturated heterocycles. The van der Waals surface area contributed by atoms with Crippen molar-refractivity contribution in [2.45, 2.75) is 58.9 Å². The van der Waals surface area contributed by atoms with Crippen molar-refractivity contribution >= 4 is 11.0 Å². The Morgan fingerprint density at radius 1 is 1.22 bits per heavy atom. The van der Waals surface area contributed by atoms with Gasteiger partial charge in [0, 0.05) is 6.04 Å². The molecule has 0 radical (unpaired) electrons. The van der Waals surface area contributed by atoms with Crippen molar-refractivity contribution in [2.24, 2.45) is 0 Å². The molecule has 2 nitrogen and oxygen atoms in total. The summed E-state index contributed by atoms with van der Waals surface area (Å²) in [5.41, 5.74) is 3.77. The average Bonchev–Trinajstić information content (AvgIpc) is 2.78. The van der Waals surface area contributed by atoms with Crippen molar-refractivity contribution in [1.29, 1.82) is 0 Å². The van der Waals surface area contributed by atoms with Gasteiger partial charge in [0.15, 0.2) is 0 Å². The summed E-state index contributed by atoms with van der Waals surface area (Å²) in [5, 5.41) is 0. The number of aromatic nitrogens is 2. The molecule has 0 spiro atoms. The van der Waals surface area contributed by atoms with E-state index in [1.807, 2.05) is 6.33 Å². The Kier molecular flexibility index (Phi) is 4.05. The third-order valence-corrected chi connectivity index (χ3v) is 3.72. The van der Waals surface area contributed by atoms with Gasteiger partial charge < -0.3 is 4.57 Å². The first kappa shape index (κ1) is 13.1. The molecule has 2 rings (SSSR count). The zero-order valence-electron chi connectivity index (χ0n) is 12.0. The van der Waals surface area contributed by atoms with Gasteiger partial charge in [-0.1, -0.05) is 39.7 Å². The summed E-state index contributed by atoms with van der Waals surface area (Å²) in [5.74, 6) is 0.567. The van der Waals surface area contributed by atoms with Gasteiger partial charge in [-0.2, -0.15) is 0 Å². The molecular weight excluding hydrogens is 220 g/mol. The van der Waals surface area contributed by atoms with E-state index in [9.17, 15) is 0 Å². The van der Waals surface area contributed by atoms with Crippen molar-refractivity contribution in [1.82, 2.24) is 9.55 Å². The molecule has 1 unspecified atom stereocenters. The largest absolute Gasteiger partial charge is 0.328 e. The Bertz CT molecular complexity index is 511. The van der Waals surface area contributed by atoms with Crippen LogP contribution >= 0.6 is 0 Å². The minimum Gasteiger partial charge on any atom is -0.328 e. The Labute approximate surface area is 110 Å². The highest BCUT2D eigenvalue weighted by Crippen LogP contribution is 2.24. The SMILES string of the molecule is CCCCC(C)n1cnc2cc(C(C)C)ccc21. The van der Waals surface area contributed by atoms with E-state index in [2.05, 4.69) is 55.4 Å². The molecule has 0 bridgehead atoms. The van der Waals surface area contributed by atoms with Gasteiger partial charge in [-0.25, -0.2) is 4.98 Å². The lowest BCUT2D eigenvalue weighted by Gasteiger charge is -2.14. The molecule has 1 aromatic heterocycles. The van der Waals surface area contributed by atoms with Gasteiger partial charge in [0.1, 0.15) is 0 Å². The molecule has 1 heterocycles. The summed E-state index contributed by atoms with van der Waals surface area (Å²) >= 11 is 0. The van der Waals surface area contributed by atoms with Crippen LogP contribution in [0.2, 0.25) is 0 Å². The predicted octanol–water partition coefficient (Wildman–Crippen LogP) is 4.91. The highest BCUT2D eigenvalue weighted by atomic mass is 15.1. The van der Waals surface area contributed by atoms with Crippen LogP contribution in [0, 0.1) is 0 Å². The van der Waals surface area contributed by atoms with E-state index in [0.717, 1.165) is 5.52 Å². The highest BCUT2D eigenvalue weighted by Gasteiger charge is 2.10. The number of imidazole rings is 1. The maximum absolute atomic E-state index is 4.55. The molecule has 1 atom stereocenters. The van der Waals surface area contributed by atoms with Crippen LogP contribution in [0.3, 0.4) is 0 Å². The molecule has 1 aromatic carbocycles. The third-order valence-electron chi connectivity index (χ3n) is 3.72. The van der Waals surface area contributed by atoms with Crippen LogP contribution in [0.25, 0.3) is 11.0 Å². The maximum Gasteiger partial charge on any atom is 0.0960 e. The molecule has 0 aliphatic heterocycles. The summed E-state index contributed by atoms with van der Waals surface area (Å²) < 4.78 is 2.31. The predicted molar refractivity (Wildman–Crippen MR) is 78.1 cm³/mol. The maximum atomic E-state index is 4.55. The Hall–Kier alpha value is -1.31. The Balaban J connectivity index is 2.31. The van der Waals surface area contributed by atoms with Gasteiger partial charge in [0.05, 0.1) is 17.4 Å². The van der Waals surface area contributed by atoms with E-state index in [-0.39, 0.29) is 0 Å². The minimum atomic E-state index is 0.542. The summed E-state index contributed by atoms with van der Waals surface area (Å²) in [7, 11) is 0. The van der Waals surface area contributed by atoms with Crippen LogP contribution in [0.1, 0.15) is 64.5 Å². The van der Waals surface area contributed by atoms with E-state index in [1.165, 1.54) is 30.3 Å².